The van der Waals surface area contributed by atoms with E-state index in [-0.39, 0.29) is 12.5 Å². The lowest BCUT2D eigenvalue weighted by molar-refractivity contribution is -0.121. The summed E-state index contributed by atoms with van der Waals surface area (Å²) >= 11 is 3.29. The molecule has 8 nitrogen and oxygen atoms in total. The molecule has 27 heavy (non-hydrogen) atoms. The maximum Gasteiger partial charge on any atom is 0.341 e. The zero-order valence-corrected chi connectivity index (χ0v) is 16.8. The van der Waals surface area contributed by atoms with Crippen molar-refractivity contribution >= 4 is 27.8 Å². The van der Waals surface area contributed by atoms with Gasteiger partial charge in [0.15, 0.2) is 0 Å². The van der Waals surface area contributed by atoms with Crippen molar-refractivity contribution in [3.8, 4) is 0 Å². The minimum Gasteiger partial charge on any atom is -0.465 e. The van der Waals surface area contributed by atoms with Crippen LogP contribution in [0.25, 0.3) is 0 Å². The Morgan fingerprint density at radius 3 is 2.81 bits per heavy atom. The molecule has 0 saturated heterocycles. The Balaban J connectivity index is 1.54. The lowest BCUT2D eigenvalue weighted by Crippen LogP contribution is -2.24. The van der Waals surface area contributed by atoms with E-state index in [0.717, 1.165) is 36.0 Å². The van der Waals surface area contributed by atoms with E-state index in [1.807, 2.05) is 4.68 Å². The summed E-state index contributed by atoms with van der Waals surface area (Å²) in [5.74, 6) is 0.226. The van der Waals surface area contributed by atoms with Gasteiger partial charge in [-0.15, -0.1) is 0 Å². The van der Waals surface area contributed by atoms with Crippen LogP contribution in [0, 0.1) is 0 Å². The molecule has 3 rings (SSSR count). The van der Waals surface area contributed by atoms with E-state index < -0.39 is 5.97 Å². The predicted octanol–water partition coefficient (Wildman–Crippen LogP) is 2.20. The second-order valence-corrected chi connectivity index (χ2v) is 7.30. The van der Waals surface area contributed by atoms with Crippen LogP contribution in [0.3, 0.4) is 0 Å². The first-order valence-electron chi connectivity index (χ1n) is 8.98. The summed E-state index contributed by atoms with van der Waals surface area (Å²) in [6.45, 7) is 1.01. The number of methoxy groups -OCH3 is 1. The molecule has 0 atom stereocenters. The van der Waals surface area contributed by atoms with Gasteiger partial charge in [0.05, 0.1) is 29.5 Å². The van der Waals surface area contributed by atoms with Crippen LogP contribution in [0.15, 0.2) is 16.9 Å². The number of aromatic nitrogens is 4. The summed E-state index contributed by atoms with van der Waals surface area (Å²) in [5.41, 5.74) is 1.98. The van der Waals surface area contributed by atoms with E-state index >= 15 is 0 Å². The molecule has 1 N–H and O–H groups in total. The Labute approximate surface area is 165 Å². The van der Waals surface area contributed by atoms with Crippen molar-refractivity contribution in [1.29, 1.82) is 0 Å². The first-order valence-corrected chi connectivity index (χ1v) is 9.77. The number of nitrogens with one attached hydrogen (secondary N) is 1. The van der Waals surface area contributed by atoms with Gasteiger partial charge < -0.3 is 10.1 Å². The van der Waals surface area contributed by atoms with Crippen LogP contribution >= 0.6 is 15.9 Å². The third kappa shape index (κ3) is 4.91. The molecule has 0 aromatic carbocycles. The van der Waals surface area contributed by atoms with E-state index in [4.69, 9.17) is 4.74 Å². The van der Waals surface area contributed by atoms with Gasteiger partial charge in [-0.2, -0.15) is 5.10 Å². The molecule has 1 aliphatic heterocycles. The van der Waals surface area contributed by atoms with Gasteiger partial charge in [0, 0.05) is 31.8 Å². The SMILES string of the molecule is COC(=O)c1c(CNC(=O)CCCc2ncc(Br)cn2)nn2c1CCCC2. The summed E-state index contributed by atoms with van der Waals surface area (Å²) < 4.78 is 7.60. The maximum absolute atomic E-state index is 12.2. The summed E-state index contributed by atoms with van der Waals surface area (Å²) in [5, 5.41) is 7.36. The Bertz CT molecular complexity index is 819. The Morgan fingerprint density at radius 2 is 2.07 bits per heavy atom. The molecule has 1 amide bonds. The average Bonchev–Trinajstić information content (AvgIpc) is 3.06. The number of fused-ring (bicyclic) bond motifs is 1. The molecule has 2 aromatic heterocycles. The Hall–Kier alpha value is -2.29. The fraction of sp³-hybridized carbons (Fsp3) is 0.500. The van der Waals surface area contributed by atoms with Gasteiger partial charge in [-0.3, -0.25) is 9.48 Å². The summed E-state index contributed by atoms with van der Waals surface area (Å²) in [6, 6.07) is 0. The van der Waals surface area contributed by atoms with Gasteiger partial charge in [0.1, 0.15) is 11.4 Å². The van der Waals surface area contributed by atoms with Crippen LogP contribution in [0.1, 0.15) is 53.3 Å². The number of hydrogen-bond acceptors (Lipinski definition) is 6. The third-order valence-electron chi connectivity index (χ3n) is 4.48. The number of carbonyl (C=O) groups is 2. The monoisotopic (exact) mass is 435 g/mol. The lowest BCUT2D eigenvalue weighted by Gasteiger charge is -2.13. The molecule has 0 saturated carbocycles. The minimum absolute atomic E-state index is 0.0890. The quantitative estimate of drug-likeness (QED) is 0.669. The molecule has 0 aliphatic carbocycles. The number of nitrogens with zero attached hydrogens (tertiary/aromatic N) is 4. The highest BCUT2D eigenvalue weighted by molar-refractivity contribution is 9.10. The number of hydrogen-bond donors (Lipinski definition) is 1. The van der Waals surface area contributed by atoms with Crippen molar-refractivity contribution in [3.63, 3.8) is 0 Å². The maximum atomic E-state index is 12.2. The number of halogens is 1. The number of ether oxygens (including phenoxy) is 1. The topological polar surface area (TPSA) is 99.0 Å². The molecule has 0 spiro atoms. The highest BCUT2D eigenvalue weighted by Crippen LogP contribution is 2.22. The summed E-state index contributed by atoms with van der Waals surface area (Å²) in [4.78, 5) is 32.7. The molecule has 2 aromatic rings. The van der Waals surface area contributed by atoms with Crippen molar-refractivity contribution < 1.29 is 14.3 Å². The van der Waals surface area contributed by atoms with E-state index in [9.17, 15) is 9.59 Å². The van der Waals surface area contributed by atoms with Crippen LogP contribution in [-0.4, -0.2) is 38.7 Å². The zero-order chi connectivity index (χ0) is 19.2. The fourth-order valence-corrected chi connectivity index (χ4v) is 3.36. The largest absolute Gasteiger partial charge is 0.465 e. The molecular formula is C18H22BrN5O3. The normalized spacial score (nSPS) is 13.1. The van der Waals surface area contributed by atoms with E-state index in [1.165, 1.54) is 7.11 Å². The molecule has 0 radical (unpaired) electrons. The Morgan fingerprint density at radius 1 is 1.30 bits per heavy atom. The highest BCUT2D eigenvalue weighted by atomic mass is 79.9. The van der Waals surface area contributed by atoms with Crippen molar-refractivity contribution in [3.05, 3.63) is 39.6 Å². The number of aryl methyl sites for hydroxylation is 2. The van der Waals surface area contributed by atoms with E-state index in [0.29, 0.717) is 36.3 Å². The second kappa shape index (κ2) is 9.07. The molecule has 0 fully saturated rings. The first-order chi connectivity index (χ1) is 13.1. The van der Waals surface area contributed by atoms with Gasteiger partial charge in [-0.05, 0) is 41.6 Å². The summed E-state index contributed by atoms with van der Waals surface area (Å²) in [7, 11) is 1.36. The standard InChI is InChI=1S/C18H22BrN5O3/c1-27-18(26)17-13(23-24-8-3-2-5-14(17)24)11-22-16(25)7-4-6-15-20-9-12(19)10-21-15/h9-10H,2-8,11H2,1H3,(H,22,25). The third-order valence-corrected chi connectivity index (χ3v) is 4.89. The van der Waals surface area contributed by atoms with Gasteiger partial charge in [0.2, 0.25) is 5.91 Å². The van der Waals surface area contributed by atoms with Crippen LogP contribution < -0.4 is 5.32 Å². The molecular weight excluding hydrogens is 414 g/mol. The van der Waals surface area contributed by atoms with Gasteiger partial charge >= 0.3 is 5.97 Å². The highest BCUT2D eigenvalue weighted by Gasteiger charge is 2.26. The van der Waals surface area contributed by atoms with Gasteiger partial charge in [0.25, 0.3) is 0 Å². The van der Waals surface area contributed by atoms with Crippen molar-refractivity contribution in [2.45, 2.75) is 51.6 Å². The smallest absolute Gasteiger partial charge is 0.341 e. The van der Waals surface area contributed by atoms with Gasteiger partial charge in [-0.1, -0.05) is 0 Å². The molecule has 144 valence electrons. The van der Waals surface area contributed by atoms with Crippen molar-refractivity contribution in [1.82, 2.24) is 25.1 Å². The second-order valence-electron chi connectivity index (χ2n) is 6.39. The first kappa shape index (κ1) is 19.5. The zero-order valence-electron chi connectivity index (χ0n) is 15.2. The number of esters is 1. The van der Waals surface area contributed by atoms with Crippen LogP contribution in [0.4, 0.5) is 0 Å². The molecule has 1 aliphatic rings. The summed E-state index contributed by atoms with van der Waals surface area (Å²) in [6.07, 6.45) is 7.90. The molecule has 0 unspecified atom stereocenters. The number of carbonyl (C=O) groups excluding carboxylic acids is 2. The lowest BCUT2D eigenvalue weighted by atomic mass is 10.0. The Kier molecular flexibility index (Phi) is 6.54. The van der Waals surface area contributed by atoms with E-state index in [1.54, 1.807) is 12.4 Å². The van der Waals surface area contributed by atoms with Crippen LogP contribution in [-0.2, 0) is 35.5 Å². The average molecular weight is 436 g/mol. The minimum atomic E-state index is -0.394. The molecule has 0 bridgehead atoms. The van der Waals surface area contributed by atoms with E-state index in [2.05, 4.69) is 36.3 Å². The van der Waals surface area contributed by atoms with Gasteiger partial charge in [-0.25, -0.2) is 14.8 Å². The molecule has 3 heterocycles. The molecule has 9 heteroatoms. The number of rotatable bonds is 7. The van der Waals surface area contributed by atoms with Crippen molar-refractivity contribution in [2.75, 3.05) is 7.11 Å². The number of amides is 1. The predicted molar refractivity (Wildman–Crippen MR) is 101 cm³/mol. The van der Waals surface area contributed by atoms with Crippen molar-refractivity contribution in [2.24, 2.45) is 0 Å². The van der Waals surface area contributed by atoms with Crippen LogP contribution in [0.5, 0.6) is 0 Å². The fourth-order valence-electron chi connectivity index (χ4n) is 3.15. The van der Waals surface area contributed by atoms with Crippen LogP contribution in [0.2, 0.25) is 0 Å².